The van der Waals surface area contributed by atoms with Crippen LogP contribution in [0.3, 0.4) is 0 Å². The van der Waals surface area contributed by atoms with Crippen molar-refractivity contribution in [3.8, 4) is 22.6 Å². The van der Waals surface area contributed by atoms with Gasteiger partial charge in [-0.1, -0.05) is 36.4 Å². The third-order valence-electron chi connectivity index (χ3n) is 5.94. The van der Waals surface area contributed by atoms with Crippen LogP contribution in [0.1, 0.15) is 21.5 Å². The molecule has 0 saturated carbocycles. The topological polar surface area (TPSA) is 119 Å². The Morgan fingerprint density at radius 3 is 1.80 bits per heavy atom. The van der Waals surface area contributed by atoms with Gasteiger partial charge in [0.25, 0.3) is 11.6 Å². The van der Waals surface area contributed by atoms with E-state index in [4.69, 9.17) is 4.74 Å². The van der Waals surface area contributed by atoms with Crippen molar-refractivity contribution in [2.24, 2.45) is 0 Å². The van der Waals surface area contributed by atoms with Gasteiger partial charge in [-0.15, -0.1) is 0 Å². The molecule has 0 aliphatic carbocycles. The highest BCUT2D eigenvalue weighted by Gasteiger charge is 2.30. The fourth-order valence-corrected chi connectivity index (χ4v) is 3.81. The summed E-state index contributed by atoms with van der Waals surface area (Å²) in [4.78, 5) is 34.8. The Bertz CT molecular complexity index is 1500. The monoisotopic (exact) mass is 550 g/mol. The van der Waals surface area contributed by atoms with Gasteiger partial charge in [0.05, 0.1) is 10.5 Å². The number of rotatable bonds is 9. The highest BCUT2D eigenvalue weighted by molar-refractivity contribution is 5.97. The van der Waals surface area contributed by atoms with Gasteiger partial charge in [0.2, 0.25) is 0 Å². The molecular weight excluding hydrogens is 529 g/mol. The number of nitrogens with one attached hydrogen (secondary N) is 1. The number of alkyl halides is 3. The van der Waals surface area contributed by atoms with E-state index in [1.165, 1.54) is 48.5 Å². The number of carbonyl (C=O) groups is 2. The summed E-state index contributed by atoms with van der Waals surface area (Å²) >= 11 is 0. The van der Waals surface area contributed by atoms with Gasteiger partial charge in [-0.2, -0.15) is 13.2 Å². The van der Waals surface area contributed by atoms with E-state index >= 15 is 0 Å². The van der Waals surface area contributed by atoms with Crippen LogP contribution < -0.4 is 10.1 Å². The van der Waals surface area contributed by atoms with Crippen LogP contribution in [-0.4, -0.2) is 27.9 Å². The lowest BCUT2D eigenvalue weighted by Gasteiger charge is -2.15. The molecule has 0 bridgehead atoms. The number of carboxylic acids is 1. The van der Waals surface area contributed by atoms with Gasteiger partial charge in [-0.25, -0.2) is 4.79 Å². The summed E-state index contributed by atoms with van der Waals surface area (Å²) < 4.78 is 44.0. The number of hydrogen-bond acceptors (Lipinski definition) is 5. The van der Waals surface area contributed by atoms with Crippen molar-refractivity contribution < 1.29 is 37.5 Å². The predicted octanol–water partition coefficient (Wildman–Crippen LogP) is 6.50. The average Bonchev–Trinajstić information content (AvgIpc) is 2.93. The van der Waals surface area contributed by atoms with E-state index in [-0.39, 0.29) is 17.7 Å². The van der Waals surface area contributed by atoms with Crippen molar-refractivity contribution in [1.29, 1.82) is 0 Å². The average molecular weight is 550 g/mol. The van der Waals surface area contributed by atoms with Crippen LogP contribution in [0.2, 0.25) is 0 Å². The number of nitrogens with zero attached hydrogens (tertiary/aromatic N) is 1. The molecule has 4 aromatic carbocycles. The summed E-state index contributed by atoms with van der Waals surface area (Å²) in [6.07, 6.45) is -4.45. The highest BCUT2D eigenvalue weighted by atomic mass is 19.4. The molecule has 0 saturated heterocycles. The molecule has 1 amide bonds. The first kappa shape index (κ1) is 27.8. The molecule has 4 aromatic rings. The number of halogens is 3. The van der Waals surface area contributed by atoms with Crippen LogP contribution in [0.5, 0.6) is 11.5 Å². The molecule has 4 rings (SSSR count). The Labute approximate surface area is 225 Å². The molecule has 11 heteroatoms. The maximum atomic E-state index is 12.8. The van der Waals surface area contributed by atoms with Crippen LogP contribution >= 0.6 is 0 Å². The molecule has 204 valence electrons. The number of nitro groups is 1. The normalized spacial score (nSPS) is 11.9. The molecule has 0 fully saturated rings. The van der Waals surface area contributed by atoms with E-state index in [9.17, 15) is 38.0 Å². The lowest BCUT2D eigenvalue weighted by Crippen LogP contribution is -2.42. The molecule has 1 atom stereocenters. The summed E-state index contributed by atoms with van der Waals surface area (Å²) in [6.45, 7) is 0. The minimum atomic E-state index is -4.44. The zero-order valence-electron chi connectivity index (χ0n) is 20.6. The molecule has 40 heavy (non-hydrogen) atoms. The maximum Gasteiger partial charge on any atom is 0.416 e. The van der Waals surface area contributed by atoms with E-state index in [0.717, 1.165) is 12.1 Å². The van der Waals surface area contributed by atoms with Crippen molar-refractivity contribution in [1.82, 2.24) is 5.32 Å². The van der Waals surface area contributed by atoms with E-state index in [1.54, 1.807) is 36.4 Å². The third kappa shape index (κ3) is 7.01. The van der Waals surface area contributed by atoms with Gasteiger partial charge in [0.15, 0.2) is 0 Å². The van der Waals surface area contributed by atoms with Crippen LogP contribution in [0, 0.1) is 10.1 Å². The molecule has 0 heterocycles. The molecule has 8 nitrogen and oxygen atoms in total. The lowest BCUT2D eigenvalue weighted by atomic mass is 10.0. The van der Waals surface area contributed by atoms with Gasteiger partial charge in [-0.3, -0.25) is 14.9 Å². The third-order valence-corrected chi connectivity index (χ3v) is 5.94. The highest BCUT2D eigenvalue weighted by Crippen LogP contribution is 2.31. The molecule has 0 aromatic heterocycles. The van der Waals surface area contributed by atoms with Crippen molar-refractivity contribution in [2.75, 3.05) is 0 Å². The number of benzene rings is 4. The Morgan fingerprint density at radius 1 is 0.825 bits per heavy atom. The fraction of sp³-hybridized carbons (Fsp3) is 0.103. The van der Waals surface area contributed by atoms with Crippen LogP contribution in [0.25, 0.3) is 11.1 Å². The first-order valence-corrected chi connectivity index (χ1v) is 11.8. The Kier molecular flexibility index (Phi) is 8.13. The van der Waals surface area contributed by atoms with Gasteiger partial charge in [-0.05, 0) is 65.2 Å². The van der Waals surface area contributed by atoms with Gasteiger partial charge in [0.1, 0.15) is 17.5 Å². The van der Waals surface area contributed by atoms with Crippen LogP contribution in [0.15, 0.2) is 97.1 Å². The molecule has 0 unspecified atom stereocenters. The largest absolute Gasteiger partial charge is 0.480 e. The number of carbonyl (C=O) groups excluding carboxylic acids is 1. The van der Waals surface area contributed by atoms with E-state index in [2.05, 4.69) is 5.32 Å². The number of hydrogen-bond donors (Lipinski definition) is 2. The van der Waals surface area contributed by atoms with Gasteiger partial charge in [0, 0.05) is 24.1 Å². The number of nitro benzene ring substituents is 1. The lowest BCUT2D eigenvalue weighted by molar-refractivity contribution is -0.384. The number of carboxylic acid groups (broad SMARTS) is 1. The van der Waals surface area contributed by atoms with E-state index in [0.29, 0.717) is 28.2 Å². The number of aliphatic carboxylic acids is 1. The van der Waals surface area contributed by atoms with Crippen molar-refractivity contribution in [2.45, 2.75) is 18.6 Å². The summed E-state index contributed by atoms with van der Waals surface area (Å²) in [5.41, 5.74) is 1.09. The fourth-order valence-electron chi connectivity index (χ4n) is 3.81. The van der Waals surface area contributed by atoms with Crippen molar-refractivity contribution >= 4 is 17.6 Å². The zero-order valence-corrected chi connectivity index (χ0v) is 20.6. The smallest absolute Gasteiger partial charge is 0.416 e. The predicted molar refractivity (Wildman–Crippen MR) is 139 cm³/mol. The summed E-state index contributed by atoms with van der Waals surface area (Å²) in [5.74, 6) is -1.04. The quantitative estimate of drug-likeness (QED) is 0.181. The van der Waals surface area contributed by atoms with Gasteiger partial charge >= 0.3 is 12.1 Å². The molecule has 0 spiro atoms. The van der Waals surface area contributed by atoms with E-state index < -0.39 is 34.6 Å². The van der Waals surface area contributed by atoms with Gasteiger partial charge < -0.3 is 15.2 Å². The second-order valence-corrected chi connectivity index (χ2v) is 8.72. The second kappa shape index (κ2) is 11.7. The Balaban J connectivity index is 1.37. The Morgan fingerprint density at radius 2 is 1.32 bits per heavy atom. The van der Waals surface area contributed by atoms with Crippen molar-refractivity contribution in [3.05, 3.63) is 124 Å². The number of ether oxygens (including phenoxy) is 1. The van der Waals surface area contributed by atoms with E-state index in [1.807, 2.05) is 0 Å². The first-order valence-electron chi connectivity index (χ1n) is 11.8. The molecule has 0 aliphatic heterocycles. The van der Waals surface area contributed by atoms with Crippen molar-refractivity contribution in [3.63, 3.8) is 0 Å². The summed E-state index contributed by atoms with van der Waals surface area (Å²) in [6, 6.07) is 21.5. The molecular formula is C29H21F3N2O6. The Hall–Kier alpha value is -5.19. The summed E-state index contributed by atoms with van der Waals surface area (Å²) in [5, 5.41) is 22.9. The number of non-ortho nitro benzene ring substituents is 1. The standard InChI is InChI=1S/C29H21F3N2O6/c30-29(31,32)22-9-7-20(8-10-22)19-3-5-21(6-4-19)27(35)33-26(28(36)37)17-18-1-13-24(14-2-18)40-25-15-11-23(12-16-25)34(38)39/h1-16,26H,17H2,(H,33,35)(H,36,37)/t26-/m0/s1. The number of amides is 1. The maximum absolute atomic E-state index is 12.8. The molecule has 0 radical (unpaired) electrons. The first-order chi connectivity index (χ1) is 19.0. The SMILES string of the molecule is O=C(N[C@@H](Cc1ccc(Oc2ccc([N+](=O)[O-])cc2)cc1)C(=O)O)c1ccc(-c2ccc(C(F)(F)F)cc2)cc1. The molecule has 2 N–H and O–H groups in total. The molecule has 0 aliphatic rings. The zero-order chi connectivity index (χ0) is 28.9. The summed E-state index contributed by atoms with van der Waals surface area (Å²) in [7, 11) is 0. The second-order valence-electron chi connectivity index (χ2n) is 8.72. The van der Waals surface area contributed by atoms with Crippen LogP contribution in [-0.2, 0) is 17.4 Å². The minimum absolute atomic E-state index is 0.0114. The minimum Gasteiger partial charge on any atom is -0.480 e. The van der Waals surface area contributed by atoms with Crippen LogP contribution in [0.4, 0.5) is 18.9 Å².